The molecule has 22 heavy (non-hydrogen) atoms. The first kappa shape index (κ1) is 13.8. The summed E-state index contributed by atoms with van der Waals surface area (Å²) in [6.07, 6.45) is 2.71. The van der Waals surface area contributed by atoms with Gasteiger partial charge in [-0.05, 0) is 37.5 Å². The highest BCUT2D eigenvalue weighted by Gasteiger charge is 2.41. The molecule has 5 nitrogen and oxygen atoms in total. The van der Waals surface area contributed by atoms with Gasteiger partial charge in [0.1, 0.15) is 0 Å². The molecule has 2 aliphatic rings. The second-order valence-electron chi connectivity index (χ2n) is 6.09. The molecule has 1 amide bonds. The van der Waals surface area contributed by atoms with Crippen molar-refractivity contribution in [3.05, 3.63) is 34.7 Å². The molecule has 1 saturated heterocycles. The Morgan fingerprint density at radius 1 is 1.36 bits per heavy atom. The number of amides is 1. The van der Waals surface area contributed by atoms with Crippen LogP contribution < -0.4 is 0 Å². The Bertz CT molecular complexity index is 739. The summed E-state index contributed by atoms with van der Waals surface area (Å²) in [7, 11) is 0. The van der Waals surface area contributed by atoms with Crippen LogP contribution in [-0.2, 0) is 4.79 Å². The molecule has 1 aromatic heterocycles. The second kappa shape index (κ2) is 5.09. The molecule has 2 aromatic rings. The molecule has 1 saturated carbocycles. The molecule has 1 unspecified atom stereocenters. The SMILES string of the molecule is Cc1ccc(Cl)cc1-c1noc(C2CC(=O)N(C3CC3)C2)n1. The van der Waals surface area contributed by atoms with Crippen LogP contribution in [0.3, 0.4) is 0 Å². The fraction of sp³-hybridized carbons (Fsp3) is 0.438. The highest BCUT2D eigenvalue weighted by molar-refractivity contribution is 6.30. The van der Waals surface area contributed by atoms with Crippen LogP contribution in [-0.4, -0.2) is 33.5 Å². The standard InChI is InChI=1S/C16H16ClN3O2/c1-9-2-3-11(17)7-13(9)15-18-16(22-19-15)10-6-14(21)20(8-10)12-4-5-12/h2-3,7,10,12H,4-6,8H2,1H3. The summed E-state index contributed by atoms with van der Waals surface area (Å²) in [6.45, 7) is 2.68. The Hall–Kier alpha value is -1.88. The van der Waals surface area contributed by atoms with E-state index in [9.17, 15) is 4.79 Å². The van der Waals surface area contributed by atoms with Gasteiger partial charge in [0.25, 0.3) is 0 Å². The molecule has 1 aliphatic carbocycles. The lowest BCUT2D eigenvalue weighted by Gasteiger charge is -2.13. The number of aryl methyl sites for hydroxylation is 1. The van der Waals surface area contributed by atoms with Crippen molar-refractivity contribution in [1.82, 2.24) is 15.0 Å². The molecule has 2 heterocycles. The average molecular weight is 318 g/mol. The zero-order valence-electron chi connectivity index (χ0n) is 12.3. The van der Waals surface area contributed by atoms with Crippen LogP contribution in [0.25, 0.3) is 11.4 Å². The molecule has 2 fully saturated rings. The van der Waals surface area contributed by atoms with Gasteiger partial charge in [-0.25, -0.2) is 0 Å². The highest BCUT2D eigenvalue weighted by atomic mass is 35.5. The van der Waals surface area contributed by atoms with Crippen molar-refractivity contribution in [2.75, 3.05) is 6.54 Å². The summed E-state index contributed by atoms with van der Waals surface area (Å²) >= 11 is 6.04. The molecule has 0 bridgehead atoms. The molecular weight excluding hydrogens is 302 g/mol. The van der Waals surface area contributed by atoms with Crippen LogP contribution in [0.1, 0.15) is 36.6 Å². The summed E-state index contributed by atoms with van der Waals surface area (Å²) in [5.74, 6) is 1.29. The minimum Gasteiger partial charge on any atom is -0.339 e. The van der Waals surface area contributed by atoms with Crippen LogP contribution in [0.2, 0.25) is 5.02 Å². The van der Waals surface area contributed by atoms with Gasteiger partial charge in [-0.15, -0.1) is 0 Å². The quantitative estimate of drug-likeness (QED) is 0.872. The average Bonchev–Trinajstić information content (AvgIpc) is 3.08. The number of benzene rings is 1. The van der Waals surface area contributed by atoms with E-state index < -0.39 is 0 Å². The summed E-state index contributed by atoms with van der Waals surface area (Å²) in [5.41, 5.74) is 1.91. The van der Waals surface area contributed by atoms with Gasteiger partial charge in [-0.2, -0.15) is 4.98 Å². The van der Waals surface area contributed by atoms with Gasteiger partial charge in [-0.1, -0.05) is 22.8 Å². The van der Waals surface area contributed by atoms with Crippen LogP contribution >= 0.6 is 11.6 Å². The van der Waals surface area contributed by atoms with E-state index in [2.05, 4.69) is 10.1 Å². The fourth-order valence-electron chi connectivity index (χ4n) is 2.98. The largest absolute Gasteiger partial charge is 0.339 e. The lowest BCUT2D eigenvalue weighted by Crippen LogP contribution is -2.27. The van der Waals surface area contributed by atoms with Crippen molar-refractivity contribution in [3.8, 4) is 11.4 Å². The molecule has 1 atom stereocenters. The van der Waals surface area contributed by atoms with Gasteiger partial charge < -0.3 is 9.42 Å². The van der Waals surface area contributed by atoms with Crippen LogP contribution in [0.15, 0.2) is 22.7 Å². The molecule has 0 N–H and O–H groups in total. The number of nitrogens with zero attached hydrogens (tertiary/aromatic N) is 3. The van der Waals surface area contributed by atoms with Crippen molar-refractivity contribution in [2.24, 2.45) is 0 Å². The van der Waals surface area contributed by atoms with E-state index in [0.29, 0.717) is 35.7 Å². The van der Waals surface area contributed by atoms with E-state index in [-0.39, 0.29) is 11.8 Å². The highest BCUT2D eigenvalue weighted by Crippen LogP contribution is 2.36. The lowest BCUT2D eigenvalue weighted by atomic mass is 10.1. The summed E-state index contributed by atoms with van der Waals surface area (Å²) in [4.78, 5) is 18.5. The van der Waals surface area contributed by atoms with Crippen molar-refractivity contribution in [1.29, 1.82) is 0 Å². The first-order valence-corrected chi connectivity index (χ1v) is 7.89. The third-order valence-electron chi connectivity index (χ3n) is 4.38. The Labute approximate surface area is 133 Å². The maximum absolute atomic E-state index is 12.0. The Kier molecular flexibility index (Phi) is 3.18. The van der Waals surface area contributed by atoms with Gasteiger partial charge >= 0.3 is 0 Å². The van der Waals surface area contributed by atoms with Crippen LogP contribution in [0.5, 0.6) is 0 Å². The van der Waals surface area contributed by atoms with Crippen molar-refractivity contribution < 1.29 is 9.32 Å². The van der Waals surface area contributed by atoms with E-state index in [1.165, 1.54) is 0 Å². The van der Waals surface area contributed by atoms with E-state index >= 15 is 0 Å². The van der Waals surface area contributed by atoms with Crippen molar-refractivity contribution >= 4 is 17.5 Å². The van der Waals surface area contributed by atoms with Gasteiger partial charge in [0, 0.05) is 29.6 Å². The predicted molar refractivity (Wildman–Crippen MR) is 81.6 cm³/mol. The number of hydrogen-bond donors (Lipinski definition) is 0. The first-order chi connectivity index (χ1) is 10.6. The van der Waals surface area contributed by atoms with Crippen molar-refractivity contribution in [2.45, 2.75) is 38.1 Å². The molecule has 1 aromatic carbocycles. The Balaban J connectivity index is 1.59. The predicted octanol–water partition coefficient (Wildman–Crippen LogP) is 3.18. The second-order valence-corrected chi connectivity index (χ2v) is 6.53. The smallest absolute Gasteiger partial charge is 0.232 e. The third-order valence-corrected chi connectivity index (χ3v) is 4.61. The number of carbonyl (C=O) groups excluding carboxylic acids is 1. The molecule has 4 rings (SSSR count). The zero-order valence-corrected chi connectivity index (χ0v) is 13.0. The molecule has 1 aliphatic heterocycles. The Morgan fingerprint density at radius 3 is 2.95 bits per heavy atom. The number of halogens is 1. The summed E-state index contributed by atoms with van der Waals surface area (Å²) < 4.78 is 5.41. The van der Waals surface area contributed by atoms with Crippen molar-refractivity contribution in [3.63, 3.8) is 0 Å². The summed E-state index contributed by atoms with van der Waals surface area (Å²) in [6, 6.07) is 6.05. The minimum absolute atomic E-state index is 0.00819. The number of likely N-dealkylation sites (tertiary alicyclic amines) is 1. The molecule has 6 heteroatoms. The van der Waals surface area contributed by atoms with E-state index in [1.54, 1.807) is 0 Å². The van der Waals surface area contributed by atoms with Gasteiger partial charge in [0.05, 0.1) is 5.92 Å². The monoisotopic (exact) mass is 317 g/mol. The third kappa shape index (κ3) is 2.39. The minimum atomic E-state index is 0.00819. The number of aromatic nitrogens is 2. The van der Waals surface area contributed by atoms with Crippen LogP contribution in [0.4, 0.5) is 0 Å². The Morgan fingerprint density at radius 2 is 2.18 bits per heavy atom. The topological polar surface area (TPSA) is 59.2 Å². The first-order valence-electron chi connectivity index (χ1n) is 7.51. The molecule has 114 valence electrons. The van der Waals surface area contributed by atoms with Crippen LogP contribution in [0, 0.1) is 6.92 Å². The summed E-state index contributed by atoms with van der Waals surface area (Å²) in [5, 5.41) is 4.71. The maximum atomic E-state index is 12.0. The van der Waals surface area contributed by atoms with Gasteiger partial charge in [0.2, 0.25) is 17.6 Å². The van der Waals surface area contributed by atoms with Gasteiger partial charge in [-0.3, -0.25) is 4.79 Å². The van der Waals surface area contributed by atoms with E-state index in [0.717, 1.165) is 24.0 Å². The van der Waals surface area contributed by atoms with E-state index in [4.69, 9.17) is 16.1 Å². The molecular formula is C16H16ClN3O2. The molecule has 0 spiro atoms. The van der Waals surface area contributed by atoms with Gasteiger partial charge in [0.15, 0.2) is 0 Å². The lowest BCUT2D eigenvalue weighted by molar-refractivity contribution is -0.128. The number of hydrogen-bond acceptors (Lipinski definition) is 4. The maximum Gasteiger partial charge on any atom is 0.232 e. The normalized spacial score (nSPS) is 21.6. The van der Waals surface area contributed by atoms with E-state index in [1.807, 2.05) is 30.0 Å². The fourth-order valence-corrected chi connectivity index (χ4v) is 3.15. The number of carbonyl (C=O) groups is 1. The zero-order chi connectivity index (χ0) is 15.3. The molecule has 0 radical (unpaired) electrons. The number of rotatable bonds is 3.